The summed E-state index contributed by atoms with van der Waals surface area (Å²) in [6.07, 6.45) is 2.24. The lowest BCUT2D eigenvalue weighted by atomic mass is 10.0. The predicted octanol–water partition coefficient (Wildman–Crippen LogP) is 4.09. The highest BCUT2D eigenvalue weighted by Crippen LogP contribution is 2.26. The van der Waals surface area contributed by atoms with E-state index in [0.29, 0.717) is 11.4 Å². The van der Waals surface area contributed by atoms with E-state index in [0.717, 1.165) is 30.8 Å². The van der Waals surface area contributed by atoms with Crippen molar-refractivity contribution in [1.29, 1.82) is 0 Å². The van der Waals surface area contributed by atoms with Crippen molar-refractivity contribution in [2.45, 2.75) is 19.3 Å². The minimum atomic E-state index is 0.151. The lowest BCUT2D eigenvalue weighted by Gasteiger charge is -2.04. The number of ketones is 1. The molecule has 0 saturated carbocycles. The van der Waals surface area contributed by atoms with Crippen molar-refractivity contribution in [3.8, 4) is 5.75 Å². The summed E-state index contributed by atoms with van der Waals surface area (Å²) in [5.41, 5.74) is 3.16. The van der Waals surface area contributed by atoms with E-state index in [4.69, 9.17) is 16.3 Å². The van der Waals surface area contributed by atoms with Crippen LogP contribution in [0.3, 0.4) is 0 Å². The van der Waals surface area contributed by atoms with Gasteiger partial charge in [0.2, 0.25) is 0 Å². The maximum absolute atomic E-state index is 12.1. The van der Waals surface area contributed by atoms with E-state index in [2.05, 4.69) is 6.07 Å². The quantitative estimate of drug-likeness (QED) is 0.791. The second kappa shape index (κ2) is 5.68. The molecule has 1 aliphatic rings. The maximum atomic E-state index is 12.1. The fourth-order valence-electron chi connectivity index (χ4n) is 2.43. The third-order valence-corrected chi connectivity index (χ3v) is 3.81. The Morgan fingerprint density at radius 2 is 1.95 bits per heavy atom. The molecule has 1 heterocycles. The highest BCUT2D eigenvalue weighted by atomic mass is 35.5. The number of rotatable bonds is 4. The molecule has 0 spiro atoms. The van der Waals surface area contributed by atoms with Gasteiger partial charge in [-0.15, -0.1) is 0 Å². The van der Waals surface area contributed by atoms with Crippen molar-refractivity contribution in [2.75, 3.05) is 6.61 Å². The topological polar surface area (TPSA) is 26.3 Å². The average molecular weight is 287 g/mol. The summed E-state index contributed by atoms with van der Waals surface area (Å²) in [6.45, 7) is 0.766. The van der Waals surface area contributed by atoms with Crippen LogP contribution in [0.15, 0.2) is 42.5 Å². The van der Waals surface area contributed by atoms with Gasteiger partial charge in [0.15, 0.2) is 5.78 Å². The van der Waals surface area contributed by atoms with Gasteiger partial charge in [-0.25, -0.2) is 0 Å². The number of benzene rings is 2. The number of hydrogen-bond donors (Lipinski definition) is 0. The summed E-state index contributed by atoms with van der Waals surface area (Å²) in [7, 11) is 0. The number of halogens is 1. The summed E-state index contributed by atoms with van der Waals surface area (Å²) in [5.74, 6) is 1.14. The Balaban J connectivity index is 1.64. The molecule has 0 atom stereocenters. The van der Waals surface area contributed by atoms with Crippen LogP contribution in [0.5, 0.6) is 5.75 Å². The first-order valence-electron chi connectivity index (χ1n) is 6.76. The van der Waals surface area contributed by atoms with Crippen molar-refractivity contribution >= 4 is 17.4 Å². The summed E-state index contributed by atoms with van der Waals surface area (Å²) in [4.78, 5) is 12.1. The van der Waals surface area contributed by atoms with Crippen LogP contribution >= 0.6 is 11.6 Å². The van der Waals surface area contributed by atoms with Crippen molar-refractivity contribution in [3.05, 3.63) is 64.2 Å². The predicted molar refractivity (Wildman–Crippen MR) is 79.7 cm³/mol. The number of fused-ring (bicyclic) bond motifs is 1. The van der Waals surface area contributed by atoms with E-state index >= 15 is 0 Å². The van der Waals surface area contributed by atoms with Gasteiger partial charge in [-0.2, -0.15) is 0 Å². The molecule has 102 valence electrons. The van der Waals surface area contributed by atoms with Gasteiger partial charge in [0.25, 0.3) is 0 Å². The molecule has 0 fully saturated rings. The monoisotopic (exact) mass is 286 g/mol. The van der Waals surface area contributed by atoms with Gasteiger partial charge in [0.05, 0.1) is 6.61 Å². The first-order chi connectivity index (χ1) is 9.72. The lowest BCUT2D eigenvalue weighted by molar-refractivity contribution is 0.0983. The molecule has 20 heavy (non-hydrogen) atoms. The fourth-order valence-corrected chi connectivity index (χ4v) is 2.56. The minimum absolute atomic E-state index is 0.151. The molecule has 0 unspecified atom stereocenters. The molecule has 0 saturated heterocycles. The molecule has 0 radical (unpaired) electrons. The molecular formula is C17H15ClO2. The smallest absolute Gasteiger partial charge is 0.163 e. The van der Waals surface area contributed by atoms with Crippen LogP contribution < -0.4 is 4.74 Å². The summed E-state index contributed by atoms with van der Waals surface area (Å²) >= 11 is 5.82. The standard InChI is InChI=1S/C17H15ClO2/c18-15-5-3-13(4-6-15)16(19)7-1-12-2-8-17-14(11-12)9-10-20-17/h2-6,8,11H,1,7,9-10H2. The Morgan fingerprint density at radius 1 is 1.15 bits per heavy atom. The zero-order chi connectivity index (χ0) is 13.9. The lowest BCUT2D eigenvalue weighted by Crippen LogP contribution is -2.01. The van der Waals surface area contributed by atoms with Gasteiger partial charge >= 0.3 is 0 Å². The Bertz CT molecular complexity index is 632. The fraction of sp³-hybridized carbons (Fsp3) is 0.235. The Labute approximate surface area is 123 Å². The number of carbonyl (C=O) groups excluding carboxylic acids is 1. The number of Topliss-reactive ketones (excluding diaryl/α,β-unsaturated/α-hetero) is 1. The van der Waals surface area contributed by atoms with E-state index in [1.54, 1.807) is 24.3 Å². The first kappa shape index (κ1) is 13.2. The molecule has 0 aliphatic carbocycles. The van der Waals surface area contributed by atoms with Crippen molar-refractivity contribution in [2.24, 2.45) is 0 Å². The molecule has 1 aliphatic heterocycles. The minimum Gasteiger partial charge on any atom is -0.493 e. The maximum Gasteiger partial charge on any atom is 0.163 e. The zero-order valence-corrected chi connectivity index (χ0v) is 11.8. The number of hydrogen-bond acceptors (Lipinski definition) is 2. The molecule has 0 N–H and O–H groups in total. The number of aryl methyl sites for hydroxylation is 1. The van der Waals surface area contributed by atoms with Crippen LogP contribution in [0.4, 0.5) is 0 Å². The Hall–Kier alpha value is -1.80. The molecule has 3 rings (SSSR count). The molecule has 2 aromatic carbocycles. The van der Waals surface area contributed by atoms with Gasteiger partial charge in [-0.1, -0.05) is 23.7 Å². The third-order valence-electron chi connectivity index (χ3n) is 3.56. The largest absolute Gasteiger partial charge is 0.493 e. The second-order valence-electron chi connectivity index (χ2n) is 4.97. The highest BCUT2D eigenvalue weighted by molar-refractivity contribution is 6.30. The van der Waals surface area contributed by atoms with Gasteiger partial charge in [-0.05, 0) is 47.9 Å². The zero-order valence-electron chi connectivity index (χ0n) is 11.1. The van der Waals surface area contributed by atoms with E-state index in [-0.39, 0.29) is 5.78 Å². The van der Waals surface area contributed by atoms with E-state index < -0.39 is 0 Å². The second-order valence-corrected chi connectivity index (χ2v) is 5.41. The van der Waals surface area contributed by atoms with E-state index in [9.17, 15) is 4.79 Å². The van der Waals surface area contributed by atoms with E-state index in [1.807, 2.05) is 12.1 Å². The molecule has 3 heteroatoms. The molecule has 0 aromatic heterocycles. The number of carbonyl (C=O) groups is 1. The average Bonchev–Trinajstić information content (AvgIpc) is 2.93. The molecule has 2 aromatic rings. The summed E-state index contributed by atoms with van der Waals surface area (Å²) in [6, 6.07) is 13.3. The Kier molecular flexibility index (Phi) is 3.75. The SMILES string of the molecule is O=C(CCc1ccc2c(c1)CCO2)c1ccc(Cl)cc1. The van der Waals surface area contributed by atoms with Gasteiger partial charge in [-0.3, -0.25) is 4.79 Å². The van der Waals surface area contributed by atoms with Crippen molar-refractivity contribution in [3.63, 3.8) is 0 Å². The summed E-state index contributed by atoms with van der Waals surface area (Å²) in [5, 5.41) is 0.653. The van der Waals surface area contributed by atoms with Crippen LogP contribution in [0, 0.1) is 0 Å². The Morgan fingerprint density at radius 3 is 2.75 bits per heavy atom. The normalized spacial score (nSPS) is 12.8. The van der Waals surface area contributed by atoms with Gasteiger partial charge < -0.3 is 4.74 Å². The van der Waals surface area contributed by atoms with E-state index in [1.165, 1.54) is 11.1 Å². The third kappa shape index (κ3) is 2.86. The van der Waals surface area contributed by atoms with Crippen LogP contribution in [0.1, 0.15) is 27.9 Å². The highest BCUT2D eigenvalue weighted by Gasteiger charge is 2.12. The first-order valence-corrected chi connectivity index (χ1v) is 7.13. The summed E-state index contributed by atoms with van der Waals surface area (Å²) < 4.78 is 5.48. The van der Waals surface area contributed by atoms with Gasteiger partial charge in [0, 0.05) is 23.4 Å². The molecule has 2 nitrogen and oxygen atoms in total. The molecular weight excluding hydrogens is 272 g/mol. The van der Waals surface area contributed by atoms with Crippen LogP contribution in [-0.4, -0.2) is 12.4 Å². The van der Waals surface area contributed by atoms with Crippen molar-refractivity contribution < 1.29 is 9.53 Å². The number of ether oxygens (including phenoxy) is 1. The van der Waals surface area contributed by atoms with Crippen LogP contribution in [-0.2, 0) is 12.8 Å². The van der Waals surface area contributed by atoms with Gasteiger partial charge in [0.1, 0.15) is 5.75 Å². The van der Waals surface area contributed by atoms with Crippen molar-refractivity contribution in [1.82, 2.24) is 0 Å². The van der Waals surface area contributed by atoms with Crippen LogP contribution in [0.25, 0.3) is 0 Å². The van der Waals surface area contributed by atoms with Crippen LogP contribution in [0.2, 0.25) is 5.02 Å². The molecule has 0 bridgehead atoms. The molecule has 0 amide bonds.